The molecule has 0 radical (unpaired) electrons. The molecule has 2 aliphatic rings. The standard InChI is InChI=1S/C14H19NO3/c1-18-12(16)10-14(7-3-2-4-8-14)11-6-5-9-15-13(11)17/h2-4,7,11H,5-6,8-10H2,1H3,(H,15,17)/t11-,14+/m0/s1. The molecule has 2 atom stereocenters. The first-order chi connectivity index (χ1) is 8.68. The lowest BCUT2D eigenvalue weighted by molar-refractivity contribution is -0.144. The predicted octanol–water partition coefficient (Wildman–Crippen LogP) is 1.58. The Labute approximate surface area is 107 Å². The molecule has 1 fully saturated rings. The first-order valence-electron chi connectivity index (χ1n) is 6.37. The maximum absolute atomic E-state index is 12.0. The van der Waals surface area contributed by atoms with Crippen molar-refractivity contribution in [2.24, 2.45) is 11.3 Å². The molecule has 18 heavy (non-hydrogen) atoms. The van der Waals surface area contributed by atoms with Crippen LogP contribution >= 0.6 is 0 Å². The van der Waals surface area contributed by atoms with E-state index in [1.165, 1.54) is 7.11 Å². The predicted molar refractivity (Wildman–Crippen MR) is 67.7 cm³/mol. The monoisotopic (exact) mass is 249 g/mol. The van der Waals surface area contributed by atoms with Gasteiger partial charge in [0.05, 0.1) is 13.5 Å². The summed E-state index contributed by atoms with van der Waals surface area (Å²) < 4.78 is 4.78. The lowest BCUT2D eigenvalue weighted by atomic mass is 9.66. The van der Waals surface area contributed by atoms with Crippen LogP contribution in [0.25, 0.3) is 0 Å². The summed E-state index contributed by atoms with van der Waals surface area (Å²) >= 11 is 0. The summed E-state index contributed by atoms with van der Waals surface area (Å²) in [6, 6.07) is 0. The Morgan fingerprint density at radius 3 is 3.00 bits per heavy atom. The molecule has 1 aliphatic carbocycles. The van der Waals surface area contributed by atoms with Gasteiger partial charge in [0.15, 0.2) is 0 Å². The summed E-state index contributed by atoms with van der Waals surface area (Å²) in [7, 11) is 1.39. The molecule has 0 unspecified atom stereocenters. The normalized spacial score (nSPS) is 30.9. The molecular weight excluding hydrogens is 230 g/mol. The van der Waals surface area contributed by atoms with Crippen molar-refractivity contribution in [3.05, 3.63) is 24.3 Å². The van der Waals surface area contributed by atoms with Gasteiger partial charge < -0.3 is 10.1 Å². The minimum absolute atomic E-state index is 0.0603. The Hall–Kier alpha value is -1.58. The molecule has 1 N–H and O–H groups in total. The van der Waals surface area contributed by atoms with Gasteiger partial charge in [-0.25, -0.2) is 0 Å². The Kier molecular flexibility index (Phi) is 3.84. The zero-order chi connectivity index (χ0) is 13.0. The molecule has 0 aromatic rings. The third-order valence-electron chi connectivity index (χ3n) is 3.85. The van der Waals surface area contributed by atoms with Crippen molar-refractivity contribution in [3.63, 3.8) is 0 Å². The smallest absolute Gasteiger partial charge is 0.306 e. The van der Waals surface area contributed by atoms with Crippen LogP contribution in [0.5, 0.6) is 0 Å². The maximum atomic E-state index is 12.0. The number of amides is 1. The van der Waals surface area contributed by atoms with Gasteiger partial charge in [0, 0.05) is 17.9 Å². The van der Waals surface area contributed by atoms with Crippen LogP contribution in [0.4, 0.5) is 0 Å². The number of carbonyl (C=O) groups is 2. The van der Waals surface area contributed by atoms with E-state index in [4.69, 9.17) is 4.74 Å². The van der Waals surface area contributed by atoms with E-state index < -0.39 is 5.41 Å². The quantitative estimate of drug-likeness (QED) is 0.773. The lowest BCUT2D eigenvalue weighted by Gasteiger charge is -2.39. The Morgan fingerprint density at radius 1 is 1.56 bits per heavy atom. The van der Waals surface area contributed by atoms with Crippen LogP contribution in [0, 0.1) is 11.3 Å². The number of rotatable bonds is 3. The number of ether oxygens (including phenoxy) is 1. The molecule has 0 aromatic carbocycles. The van der Waals surface area contributed by atoms with Gasteiger partial charge in [-0.15, -0.1) is 0 Å². The lowest BCUT2D eigenvalue weighted by Crippen LogP contribution is -2.46. The summed E-state index contributed by atoms with van der Waals surface area (Å²) in [6.45, 7) is 0.739. The highest BCUT2D eigenvalue weighted by molar-refractivity contribution is 5.82. The summed E-state index contributed by atoms with van der Waals surface area (Å²) in [5.41, 5.74) is -0.410. The second-order valence-electron chi connectivity index (χ2n) is 4.96. The van der Waals surface area contributed by atoms with Crippen LogP contribution < -0.4 is 5.32 Å². The second kappa shape index (κ2) is 5.38. The van der Waals surface area contributed by atoms with Gasteiger partial charge in [-0.2, -0.15) is 0 Å². The van der Waals surface area contributed by atoms with Crippen molar-refractivity contribution in [2.45, 2.75) is 25.7 Å². The van der Waals surface area contributed by atoms with E-state index in [-0.39, 0.29) is 24.2 Å². The number of piperidine rings is 1. The van der Waals surface area contributed by atoms with Gasteiger partial charge in [0.1, 0.15) is 0 Å². The Balaban J connectivity index is 2.23. The Bertz CT molecular complexity index is 400. The second-order valence-corrected chi connectivity index (χ2v) is 4.96. The van der Waals surface area contributed by atoms with Crippen molar-refractivity contribution < 1.29 is 14.3 Å². The number of hydrogen-bond acceptors (Lipinski definition) is 3. The molecule has 0 spiro atoms. The molecular formula is C14H19NO3. The number of carbonyl (C=O) groups excluding carboxylic acids is 2. The molecule has 98 valence electrons. The van der Waals surface area contributed by atoms with Crippen molar-refractivity contribution >= 4 is 11.9 Å². The largest absolute Gasteiger partial charge is 0.469 e. The van der Waals surface area contributed by atoms with E-state index >= 15 is 0 Å². The topological polar surface area (TPSA) is 55.4 Å². The van der Waals surface area contributed by atoms with Crippen molar-refractivity contribution in [1.29, 1.82) is 0 Å². The molecule has 0 bridgehead atoms. The third kappa shape index (κ3) is 2.47. The molecule has 1 aliphatic heterocycles. The maximum Gasteiger partial charge on any atom is 0.306 e. The summed E-state index contributed by atoms with van der Waals surface area (Å²) in [5.74, 6) is -0.329. The number of nitrogens with one attached hydrogen (secondary N) is 1. The van der Waals surface area contributed by atoms with Crippen LogP contribution in [0.3, 0.4) is 0 Å². The van der Waals surface area contributed by atoms with Gasteiger partial charge in [-0.3, -0.25) is 9.59 Å². The molecule has 1 heterocycles. The van der Waals surface area contributed by atoms with Crippen LogP contribution in [-0.4, -0.2) is 25.5 Å². The molecule has 1 saturated heterocycles. The van der Waals surface area contributed by atoms with E-state index in [0.29, 0.717) is 0 Å². The highest BCUT2D eigenvalue weighted by Gasteiger charge is 2.43. The average Bonchev–Trinajstić information content (AvgIpc) is 2.40. The third-order valence-corrected chi connectivity index (χ3v) is 3.85. The van der Waals surface area contributed by atoms with Gasteiger partial charge in [0.2, 0.25) is 5.91 Å². The number of hydrogen-bond donors (Lipinski definition) is 1. The average molecular weight is 249 g/mol. The van der Waals surface area contributed by atoms with Crippen LogP contribution in [0.15, 0.2) is 24.3 Å². The minimum atomic E-state index is -0.410. The summed E-state index contributed by atoms with van der Waals surface area (Å²) in [4.78, 5) is 23.7. The van der Waals surface area contributed by atoms with Crippen molar-refractivity contribution in [1.82, 2.24) is 5.32 Å². The van der Waals surface area contributed by atoms with E-state index in [1.807, 2.05) is 24.3 Å². The van der Waals surface area contributed by atoms with Gasteiger partial charge in [-0.05, 0) is 19.3 Å². The van der Waals surface area contributed by atoms with Crippen molar-refractivity contribution in [3.8, 4) is 0 Å². The highest BCUT2D eigenvalue weighted by Crippen LogP contribution is 2.43. The van der Waals surface area contributed by atoms with E-state index in [0.717, 1.165) is 25.8 Å². The summed E-state index contributed by atoms with van der Waals surface area (Å²) in [6.07, 6.45) is 10.7. The minimum Gasteiger partial charge on any atom is -0.469 e. The molecule has 4 nitrogen and oxygen atoms in total. The number of methoxy groups -OCH3 is 1. The zero-order valence-corrected chi connectivity index (χ0v) is 10.6. The van der Waals surface area contributed by atoms with Crippen LogP contribution in [0.2, 0.25) is 0 Å². The summed E-state index contributed by atoms with van der Waals surface area (Å²) in [5, 5.41) is 2.90. The van der Waals surface area contributed by atoms with Crippen molar-refractivity contribution in [2.75, 3.05) is 13.7 Å². The Morgan fingerprint density at radius 2 is 2.39 bits per heavy atom. The van der Waals surface area contributed by atoms with Gasteiger partial charge in [-0.1, -0.05) is 24.3 Å². The molecule has 0 saturated carbocycles. The number of esters is 1. The number of allylic oxidation sites excluding steroid dienone is 4. The highest BCUT2D eigenvalue weighted by atomic mass is 16.5. The van der Waals surface area contributed by atoms with Gasteiger partial charge in [0.25, 0.3) is 0 Å². The first kappa shape index (κ1) is 12.9. The molecule has 0 aromatic heterocycles. The van der Waals surface area contributed by atoms with Crippen LogP contribution in [-0.2, 0) is 14.3 Å². The van der Waals surface area contributed by atoms with Crippen LogP contribution in [0.1, 0.15) is 25.7 Å². The van der Waals surface area contributed by atoms with E-state index in [2.05, 4.69) is 5.32 Å². The van der Waals surface area contributed by atoms with E-state index in [9.17, 15) is 9.59 Å². The molecule has 1 amide bonds. The van der Waals surface area contributed by atoms with E-state index in [1.54, 1.807) is 0 Å². The van der Waals surface area contributed by atoms with Gasteiger partial charge >= 0.3 is 5.97 Å². The molecule has 2 rings (SSSR count). The fraction of sp³-hybridized carbons (Fsp3) is 0.571. The molecule has 4 heteroatoms. The fourth-order valence-electron chi connectivity index (χ4n) is 2.86. The zero-order valence-electron chi connectivity index (χ0n) is 10.6. The fourth-order valence-corrected chi connectivity index (χ4v) is 2.86. The SMILES string of the molecule is COC(=O)C[C@@]1([C@H]2CCCNC2=O)C=CC=CC1. The first-order valence-corrected chi connectivity index (χ1v) is 6.37.